The molecule has 0 amide bonds. The summed E-state index contributed by atoms with van der Waals surface area (Å²) in [6.45, 7) is 12.8. The molecular formula is C29H49FO4. The van der Waals surface area contributed by atoms with E-state index in [2.05, 4.69) is 41.5 Å². The van der Waals surface area contributed by atoms with Gasteiger partial charge in [-0.1, -0.05) is 48.0 Å². The number of ketones is 1. The lowest BCUT2D eigenvalue weighted by atomic mass is 9.42. The van der Waals surface area contributed by atoms with E-state index in [0.29, 0.717) is 37.0 Å². The number of alkyl halides is 1. The Labute approximate surface area is 206 Å². The van der Waals surface area contributed by atoms with E-state index in [4.69, 9.17) is 0 Å². The van der Waals surface area contributed by atoms with E-state index in [1.165, 1.54) is 0 Å². The van der Waals surface area contributed by atoms with Crippen molar-refractivity contribution >= 4 is 5.78 Å². The SMILES string of the molecule is CC[C@@H](C(C)C)[C@H](O)[C@@H](O)[C@@H](C)[C@H]1CC[C@H]2[C@@H]3CC(=O)[C@@]4(O)C[C@@H](F)CC[C@]4(C)[C@H]3CC[C@]12C. The van der Waals surface area contributed by atoms with Gasteiger partial charge >= 0.3 is 0 Å². The van der Waals surface area contributed by atoms with Gasteiger partial charge in [0.15, 0.2) is 5.78 Å². The second-order valence-corrected chi connectivity index (χ2v) is 13.5. The summed E-state index contributed by atoms with van der Waals surface area (Å²) < 4.78 is 14.3. The first kappa shape index (κ1) is 26.5. The maximum absolute atomic E-state index is 14.3. The fourth-order valence-corrected chi connectivity index (χ4v) is 9.80. The largest absolute Gasteiger partial charge is 0.390 e. The zero-order valence-corrected chi connectivity index (χ0v) is 22.3. The Hall–Kier alpha value is -0.520. The predicted octanol–water partition coefficient (Wildman–Crippen LogP) is 5.32. The minimum atomic E-state index is -1.52. The molecule has 0 unspecified atom stereocenters. The highest BCUT2D eigenvalue weighted by molar-refractivity contribution is 5.89. The van der Waals surface area contributed by atoms with Crippen LogP contribution in [0.2, 0.25) is 0 Å². The number of hydrogen-bond acceptors (Lipinski definition) is 4. The molecule has 3 N–H and O–H groups in total. The van der Waals surface area contributed by atoms with Crippen LogP contribution in [0.25, 0.3) is 0 Å². The summed E-state index contributed by atoms with van der Waals surface area (Å²) in [7, 11) is 0. The minimum absolute atomic E-state index is 0.0110. The van der Waals surface area contributed by atoms with Crippen LogP contribution in [0, 0.1) is 52.3 Å². The fourth-order valence-electron chi connectivity index (χ4n) is 9.80. The summed E-state index contributed by atoms with van der Waals surface area (Å²) in [5.74, 6) is 1.40. The molecule has 4 nitrogen and oxygen atoms in total. The normalized spacial score (nSPS) is 48.0. The third-order valence-corrected chi connectivity index (χ3v) is 11.9. The van der Waals surface area contributed by atoms with Crippen LogP contribution in [0.15, 0.2) is 0 Å². The number of aliphatic hydroxyl groups excluding tert-OH is 2. The van der Waals surface area contributed by atoms with Crippen LogP contribution in [0.5, 0.6) is 0 Å². The Morgan fingerprint density at radius 2 is 1.68 bits per heavy atom. The number of carbonyl (C=O) groups excluding carboxylic acids is 1. The Bertz CT molecular complexity index is 771. The van der Waals surface area contributed by atoms with Crippen molar-refractivity contribution < 1.29 is 24.5 Å². The van der Waals surface area contributed by atoms with Crippen molar-refractivity contribution in [3.63, 3.8) is 0 Å². The lowest BCUT2D eigenvalue weighted by Crippen LogP contribution is -2.67. The summed E-state index contributed by atoms with van der Waals surface area (Å²) in [5, 5.41) is 33.8. The number of halogens is 1. The van der Waals surface area contributed by atoms with Crippen molar-refractivity contribution in [2.24, 2.45) is 52.3 Å². The summed E-state index contributed by atoms with van der Waals surface area (Å²) in [5.41, 5.74) is -2.04. The second kappa shape index (κ2) is 9.10. The predicted molar refractivity (Wildman–Crippen MR) is 132 cm³/mol. The fraction of sp³-hybridized carbons (Fsp3) is 0.966. The molecule has 0 radical (unpaired) electrons. The minimum Gasteiger partial charge on any atom is -0.390 e. The van der Waals surface area contributed by atoms with Crippen LogP contribution >= 0.6 is 0 Å². The zero-order chi connectivity index (χ0) is 25.2. The molecule has 0 bridgehead atoms. The number of fused-ring (bicyclic) bond motifs is 5. The van der Waals surface area contributed by atoms with Gasteiger partial charge in [0.05, 0.1) is 12.2 Å². The topological polar surface area (TPSA) is 77.8 Å². The zero-order valence-electron chi connectivity index (χ0n) is 22.3. The Kier molecular flexibility index (Phi) is 7.10. The van der Waals surface area contributed by atoms with Gasteiger partial charge in [0, 0.05) is 18.3 Å². The molecular weight excluding hydrogens is 431 g/mol. The van der Waals surface area contributed by atoms with Crippen LogP contribution in [0.1, 0.15) is 99.3 Å². The van der Waals surface area contributed by atoms with Crippen LogP contribution in [-0.2, 0) is 4.79 Å². The highest BCUT2D eigenvalue weighted by atomic mass is 19.1. The van der Waals surface area contributed by atoms with E-state index in [-0.39, 0.29) is 41.3 Å². The van der Waals surface area contributed by atoms with E-state index in [0.717, 1.165) is 32.1 Å². The molecule has 4 aliphatic carbocycles. The maximum atomic E-state index is 14.3. The monoisotopic (exact) mass is 480 g/mol. The molecule has 0 aromatic heterocycles. The molecule has 0 aromatic rings. The molecule has 4 fully saturated rings. The molecule has 196 valence electrons. The van der Waals surface area contributed by atoms with Crippen LogP contribution in [0.3, 0.4) is 0 Å². The third kappa shape index (κ3) is 3.74. The van der Waals surface area contributed by atoms with Crippen molar-refractivity contribution in [1.82, 2.24) is 0 Å². The van der Waals surface area contributed by atoms with Gasteiger partial charge in [-0.05, 0) is 85.4 Å². The first-order valence-electron chi connectivity index (χ1n) is 14.1. The molecule has 5 heteroatoms. The van der Waals surface area contributed by atoms with Gasteiger partial charge < -0.3 is 15.3 Å². The highest BCUT2D eigenvalue weighted by Gasteiger charge is 2.68. The highest BCUT2D eigenvalue weighted by Crippen LogP contribution is 2.68. The molecule has 4 saturated carbocycles. The molecule has 0 saturated heterocycles. The first-order valence-corrected chi connectivity index (χ1v) is 14.1. The maximum Gasteiger partial charge on any atom is 0.165 e. The molecule has 0 aliphatic heterocycles. The van der Waals surface area contributed by atoms with E-state index in [1.807, 2.05) is 0 Å². The average molecular weight is 481 g/mol. The Morgan fingerprint density at radius 1 is 1.00 bits per heavy atom. The van der Waals surface area contributed by atoms with Crippen molar-refractivity contribution in [3.8, 4) is 0 Å². The molecule has 4 rings (SSSR count). The van der Waals surface area contributed by atoms with Crippen molar-refractivity contribution in [3.05, 3.63) is 0 Å². The number of aliphatic hydroxyl groups is 3. The molecule has 0 spiro atoms. The quantitative estimate of drug-likeness (QED) is 0.481. The van der Waals surface area contributed by atoms with E-state index < -0.39 is 29.4 Å². The number of Topliss-reactive ketones (excluding diaryl/α,β-unsaturated/α-hetero) is 1. The van der Waals surface area contributed by atoms with Crippen LogP contribution < -0.4 is 0 Å². The second-order valence-electron chi connectivity index (χ2n) is 13.5. The van der Waals surface area contributed by atoms with Crippen molar-refractivity contribution in [2.75, 3.05) is 0 Å². The standard InChI is InChI=1S/C29H49FO4/c1-7-19(16(2)3)26(33)25(32)17(4)21-8-9-22-20-14-24(31)29(34)15-18(30)10-13-28(29,6)23(20)11-12-27(21,22)5/h16-23,25-26,32-34H,7-15H2,1-6H3/t17-,18-,19-,20-,21+,22-,23-,25-,26-,27+,28+,29-/m0/s1. The number of hydrogen-bond donors (Lipinski definition) is 3. The summed E-state index contributed by atoms with van der Waals surface area (Å²) >= 11 is 0. The van der Waals surface area contributed by atoms with Gasteiger partial charge in [0.1, 0.15) is 11.8 Å². The number of carbonyl (C=O) groups is 1. The van der Waals surface area contributed by atoms with E-state index in [9.17, 15) is 24.5 Å². The summed E-state index contributed by atoms with van der Waals surface area (Å²) in [4.78, 5) is 13.3. The lowest BCUT2D eigenvalue weighted by molar-refractivity contribution is -0.210. The van der Waals surface area contributed by atoms with Crippen molar-refractivity contribution in [2.45, 2.75) is 123 Å². The third-order valence-electron chi connectivity index (χ3n) is 11.9. The van der Waals surface area contributed by atoms with Gasteiger partial charge in [-0.25, -0.2) is 4.39 Å². The molecule has 12 atom stereocenters. The molecule has 4 aliphatic rings. The van der Waals surface area contributed by atoms with Gasteiger partial charge in [-0.2, -0.15) is 0 Å². The molecule has 34 heavy (non-hydrogen) atoms. The first-order chi connectivity index (χ1) is 15.8. The van der Waals surface area contributed by atoms with Crippen LogP contribution in [0.4, 0.5) is 4.39 Å². The van der Waals surface area contributed by atoms with Crippen molar-refractivity contribution in [1.29, 1.82) is 0 Å². The Morgan fingerprint density at radius 3 is 2.29 bits per heavy atom. The Balaban J connectivity index is 1.57. The van der Waals surface area contributed by atoms with Gasteiger partial charge in [-0.15, -0.1) is 0 Å². The van der Waals surface area contributed by atoms with Gasteiger partial charge in [-0.3, -0.25) is 4.79 Å². The summed E-state index contributed by atoms with van der Waals surface area (Å²) in [6, 6.07) is 0. The van der Waals surface area contributed by atoms with Crippen LogP contribution in [-0.4, -0.2) is 45.1 Å². The van der Waals surface area contributed by atoms with Gasteiger partial charge in [0.2, 0.25) is 0 Å². The lowest BCUT2D eigenvalue weighted by Gasteiger charge is -2.63. The van der Waals surface area contributed by atoms with E-state index in [1.54, 1.807) is 0 Å². The van der Waals surface area contributed by atoms with Gasteiger partial charge in [0.25, 0.3) is 0 Å². The smallest absolute Gasteiger partial charge is 0.165 e. The molecule has 0 aromatic carbocycles. The number of rotatable bonds is 6. The van der Waals surface area contributed by atoms with E-state index >= 15 is 0 Å². The summed E-state index contributed by atoms with van der Waals surface area (Å²) in [6.07, 6.45) is 3.64. The molecule has 0 heterocycles. The average Bonchev–Trinajstić information content (AvgIpc) is 3.12.